The Hall–Kier alpha value is -0.870. The third-order valence-electron chi connectivity index (χ3n) is 3.58. The Morgan fingerprint density at radius 3 is 2.68 bits per heavy atom. The molecule has 1 saturated heterocycles. The Balaban J connectivity index is 1.84. The maximum absolute atomic E-state index is 5.41. The van der Waals surface area contributed by atoms with Gasteiger partial charge in [-0.25, -0.2) is 0 Å². The molecular weight excluding hydrogens is 258 g/mol. The summed E-state index contributed by atoms with van der Waals surface area (Å²) in [5.41, 5.74) is 1.19. The summed E-state index contributed by atoms with van der Waals surface area (Å²) in [5, 5.41) is 3.55. The van der Waals surface area contributed by atoms with Gasteiger partial charge in [-0.3, -0.25) is 0 Å². The van der Waals surface area contributed by atoms with Crippen LogP contribution >= 0.6 is 11.8 Å². The maximum atomic E-state index is 5.41. The molecule has 0 bridgehead atoms. The number of hydrogen-bond donors (Lipinski definition) is 1. The third kappa shape index (κ3) is 4.32. The number of methoxy groups -OCH3 is 2. The smallest absolute Gasteiger partial charge is 0.127 e. The van der Waals surface area contributed by atoms with E-state index in [9.17, 15) is 0 Å². The first-order valence-electron chi connectivity index (χ1n) is 6.83. The van der Waals surface area contributed by atoms with E-state index in [2.05, 4.69) is 23.1 Å². The average molecular weight is 281 g/mol. The van der Waals surface area contributed by atoms with Crippen LogP contribution in [0.4, 0.5) is 0 Å². The van der Waals surface area contributed by atoms with Crippen LogP contribution in [-0.2, 0) is 6.54 Å². The highest BCUT2D eigenvalue weighted by Crippen LogP contribution is 2.25. The number of hydrogen-bond acceptors (Lipinski definition) is 4. The van der Waals surface area contributed by atoms with Gasteiger partial charge in [-0.15, -0.1) is 0 Å². The van der Waals surface area contributed by atoms with Crippen LogP contribution in [0.3, 0.4) is 0 Å². The van der Waals surface area contributed by atoms with E-state index in [-0.39, 0.29) is 0 Å². The van der Waals surface area contributed by atoms with Gasteiger partial charge in [0.25, 0.3) is 0 Å². The molecule has 106 valence electrons. The standard InChI is InChI=1S/C15H23NO2S/c1-17-14-4-3-13(15(9-14)18-2)11-16-10-12-5-7-19-8-6-12/h3-4,9,12,16H,5-8,10-11H2,1-2H3. The van der Waals surface area contributed by atoms with Crippen LogP contribution in [0.25, 0.3) is 0 Å². The highest BCUT2D eigenvalue weighted by molar-refractivity contribution is 7.99. The molecule has 1 aromatic rings. The van der Waals surface area contributed by atoms with Crippen molar-refractivity contribution in [2.24, 2.45) is 5.92 Å². The third-order valence-corrected chi connectivity index (χ3v) is 4.63. The lowest BCUT2D eigenvalue weighted by Gasteiger charge is -2.21. The molecule has 1 aliphatic heterocycles. The molecule has 3 nitrogen and oxygen atoms in total. The summed E-state index contributed by atoms with van der Waals surface area (Å²) in [6.45, 7) is 1.96. The summed E-state index contributed by atoms with van der Waals surface area (Å²) in [7, 11) is 3.38. The van der Waals surface area contributed by atoms with Crippen molar-refractivity contribution in [3.63, 3.8) is 0 Å². The van der Waals surface area contributed by atoms with Gasteiger partial charge in [-0.1, -0.05) is 6.07 Å². The fraction of sp³-hybridized carbons (Fsp3) is 0.600. The Bertz CT molecular complexity index is 392. The summed E-state index contributed by atoms with van der Waals surface area (Å²) in [6, 6.07) is 5.99. The Kier molecular flexibility index (Phi) is 5.86. The van der Waals surface area contributed by atoms with Gasteiger partial charge < -0.3 is 14.8 Å². The van der Waals surface area contributed by atoms with E-state index >= 15 is 0 Å². The molecule has 1 N–H and O–H groups in total. The monoisotopic (exact) mass is 281 g/mol. The van der Waals surface area contributed by atoms with Gasteiger partial charge in [0.15, 0.2) is 0 Å². The highest BCUT2D eigenvalue weighted by Gasteiger charge is 2.13. The lowest BCUT2D eigenvalue weighted by molar-refractivity contribution is 0.387. The minimum Gasteiger partial charge on any atom is -0.497 e. The average Bonchev–Trinajstić information content (AvgIpc) is 2.48. The maximum Gasteiger partial charge on any atom is 0.127 e. The Morgan fingerprint density at radius 2 is 2.00 bits per heavy atom. The first-order valence-corrected chi connectivity index (χ1v) is 7.98. The lowest BCUT2D eigenvalue weighted by Crippen LogP contribution is -2.25. The lowest BCUT2D eigenvalue weighted by atomic mass is 10.0. The van der Waals surface area contributed by atoms with Crippen molar-refractivity contribution in [2.75, 3.05) is 32.3 Å². The van der Waals surface area contributed by atoms with Crippen molar-refractivity contribution in [3.05, 3.63) is 23.8 Å². The van der Waals surface area contributed by atoms with Crippen molar-refractivity contribution < 1.29 is 9.47 Å². The SMILES string of the molecule is COc1ccc(CNCC2CCSCC2)c(OC)c1. The molecule has 1 aliphatic rings. The minimum atomic E-state index is 0.838. The molecular formula is C15H23NO2S. The van der Waals surface area contributed by atoms with Gasteiger partial charge >= 0.3 is 0 Å². The predicted molar refractivity (Wildman–Crippen MR) is 81.3 cm³/mol. The van der Waals surface area contributed by atoms with Gasteiger partial charge in [-0.2, -0.15) is 11.8 Å². The molecule has 0 amide bonds. The van der Waals surface area contributed by atoms with Crippen LogP contribution in [0.15, 0.2) is 18.2 Å². The van der Waals surface area contributed by atoms with Crippen LogP contribution < -0.4 is 14.8 Å². The fourth-order valence-electron chi connectivity index (χ4n) is 2.36. The summed E-state index contributed by atoms with van der Waals surface area (Å²) in [4.78, 5) is 0. The topological polar surface area (TPSA) is 30.5 Å². The number of benzene rings is 1. The molecule has 2 rings (SSSR count). The second kappa shape index (κ2) is 7.65. The number of nitrogens with one attached hydrogen (secondary N) is 1. The molecule has 0 radical (unpaired) electrons. The van der Waals surface area contributed by atoms with Gasteiger partial charge in [-0.05, 0) is 42.9 Å². The molecule has 1 heterocycles. The van der Waals surface area contributed by atoms with Crippen LogP contribution in [-0.4, -0.2) is 32.3 Å². The summed E-state index contributed by atoms with van der Waals surface area (Å²) in [6.07, 6.45) is 2.69. The fourth-order valence-corrected chi connectivity index (χ4v) is 3.56. The van der Waals surface area contributed by atoms with Crippen molar-refractivity contribution >= 4 is 11.8 Å². The van der Waals surface area contributed by atoms with E-state index in [1.165, 1.54) is 29.9 Å². The summed E-state index contributed by atoms with van der Waals surface area (Å²) < 4.78 is 10.6. The first-order chi connectivity index (χ1) is 9.33. The van der Waals surface area contributed by atoms with Crippen LogP contribution in [0.5, 0.6) is 11.5 Å². The second-order valence-corrected chi connectivity index (χ2v) is 6.09. The molecule has 0 aromatic heterocycles. The van der Waals surface area contributed by atoms with Gasteiger partial charge in [0, 0.05) is 18.2 Å². The minimum absolute atomic E-state index is 0.838. The molecule has 4 heteroatoms. The van der Waals surface area contributed by atoms with E-state index in [0.717, 1.165) is 30.5 Å². The molecule has 19 heavy (non-hydrogen) atoms. The molecule has 1 aromatic carbocycles. The van der Waals surface area contributed by atoms with E-state index in [0.29, 0.717) is 0 Å². The summed E-state index contributed by atoms with van der Waals surface area (Å²) >= 11 is 2.08. The van der Waals surface area contributed by atoms with E-state index in [4.69, 9.17) is 9.47 Å². The Morgan fingerprint density at radius 1 is 1.21 bits per heavy atom. The largest absolute Gasteiger partial charge is 0.497 e. The second-order valence-electron chi connectivity index (χ2n) is 4.86. The zero-order valence-electron chi connectivity index (χ0n) is 11.8. The van der Waals surface area contributed by atoms with Crippen LogP contribution in [0.2, 0.25) is 0 Å². The molecule has 0 atom stereocenters. The van der Waals surface area contributed by atoms with Gasteiger partial charge in [0.2, 0.25) is 0 Å². The number of thioether (sulfide) groups is 1. The van der Waals surface area contributed by atoms with Crippen molar-refractivity contribution in [3.8, 4) is 11.5 Å². The normalized spacial score (nSPS) is 16.3. The zero-order chi connectivity index (χ0) is 13.5. The van der Waals surface area contributed by atoms with Gasteiger partial charge in [0.05, 0.1) is 14.2 Å². The zero-order valence-corrected chi connectivity index (χ0v) is 12.6. The first kappa shape index (κ1) is 14.5. The summed E-state index contributed by atoms with van der Waals surface area (Å²) in [5.74, 6) is 5.21. The number of rotatable bonds is 6. The molecule has 0 saturated carbocycles. The molecule has 0 spiro atoms. The molecule has 1 fully saturated rings. The quantitative estimate of drug-likeness (QED) is 0.868. The van der Waals surface area contributed by atoms with Crippen LogP contribution in [0, 0.1) is 5.92 Å². The number of ether oxygens (including phenoxy) is 2. The van der Waals surface area contributed by atoms with E-state index in [1.807, 2.05) is 12.1 Å². The molecule has 0 aliphatic carbocycles. The Labute approximate surface area is 120 Å². The van der Waals surface area contributed by atoms with Crippen molar-refractivity contribution in [1.29, 1.82) is 0 Å². The van der Waals surface area contributed by atoms with Crippen molar-refractivity contribution in [2.45, 2.75) is 19.4 Å². The molecule has 0 unspecified atom stereocenters. The van der Waals surface area contributed by atoms with E-state index in [1.54, 1.807) is 14.2 Å². The highest BCUT2D eigenvalue weighted by atomic mass is 32.2. The van der Waals surface area contributed by atoms with E-state index < -0.39 is 0 Å². The predicted octanol–water partition coefficient (Wildman–Crippen LogP) is 2.94. The van der Waals surface area contributed by atoms with Gasteiger partial charge in [0.1, 0.15) is 11.5 Å². The van der Waals surface area contributed by atoms with Crippen LogP contribution in [0.1, 0.15) is 18.4 Å². The van der Waals surface area contributed by atoms with Crippen molar-refractivity contribution in [1.82, 2.24) is 5.32 Å².